The number of hydrogen-bond donors (Lipinski definition) is 3. The third-order valence-corrected chi connectivity index (χ3v) is 7.40. The summed E-state index contributed by atoms with van der Waals surface area (Å²) in [6, 6.07) is 30.5. The number of phenolic OH excluding ortho intramolecular Hbond substituents is 1. The molecule has 39 heavy (non-hydrogen) atoms. The van der Waals surface area contributed by atoms with Gasteiger partial charge in [-0.25, -0.2) is 0 Å². The van der Waals surface area contributed by atoms with Crippen LogP contribution in [-0.4, -0.2) is 37.1 Å². The lowest BCUT2D eigenvalue weighted by molar-refractivity contribution is -0.116. The first-order valence-corrected chi connectivity index (χ1v) is 13.2. The average molecular weight is 534 g/mol. The van der Waals surface area contributed by atoms with E-state index in [0.29, 0.717) is 11.7 Å². The van der Waals surface area contributed by atoms with Crippen LogP contribution in [0.3, 0.4) is 0 Å². The van der Waals surface area contributed by atoms with E-state index in [1.54, 1.807) is 18.3 Å². The number of carbonyl (C=O) groups excluding carboxylic acids is 1. The maximum absolute atomic E-state index is 13.1. The molecule has 8 heteroatoms. The standard InChI is InChI=1S/C31H27N5O2S/c37-23-15-13-22(14-16-23)35-19-6-12-27(35)30-29(26-10-3-4-18-32-26)34-31(39)36(30)20-17-28(38)33-25-11-5-8-21-7-1-2-9-24(21)25/h1-16,18-19,29-30,37H,17,20H2,(H,33,38)(H,34,39)/t29-,30+/m1/s1. The molecule has 3 N–H and O–H groups in total. The van der Waals surface area contributed by atoms with Crippen LogP contribution in [0.15, 0.2) is 109 Å². The molecule has 6 rings (SSSR count). The molecule has 2 atom stereocenters. The molecule has 3 heterocycles. The molecule has 7 nitrogen and oxygen atoms in total. The number of hydrogen-bond acceptors (Lipinski definition) is 4. The number of fused-ring (bicyclic) bond motifs is 1. The van der Waals surface area contributed by atoms with Gasteiger partial charge in [-0.15, -0.1) is 0 Å². The van der Waals surface area contributed by atoms with Crippen LogP contribution in [0, 0.1) is 0 Å². The fraction of sp³-hybridized carbons (Fsp3) is 0.129. The highest BCUT2D eigenvalue weighted by Crippen LogP contribution is 2.39. The average Bonchev–Trinajstić information content (AvgIpc) is 3.57. The Morgan fingerprint density at radius 2 is 1.74 bits per heavy atom. The lowest BCUT2D eigenvalue weighted by Gasteiger charge is -2.29. The summed E-state index contributed by atoms with van der Waals surface area (Å²) in [7, 11) is 0. The summed E-state index contributed by atoms with van der Waals surface area (Å²) in [5, 5.41) is 19.0. The quantitative estimate of drug-likeness (QED) is 0.232. The van der Waals surface area contributed by atoms with Crippen molar-refractivity contribution in [2.45, 2.75) is 18.5 Å². The molecular weight excluding hydrogens is 506 g/mol. The third kappa shape index (κ3) is 4.94. The van der Waals surface area contributed by atoms with E-state index >= 15 is 0 Å². The molecular formula is C31H27N5O2S. The van der Waals surface area contributed by atoms with Gasteiger partial charge >= 0.3 is 0 Å². The maximum atomic E-state index is 13.1. The van der Waals surface area contributed by atoms with Crippen molar-refractivity contribution >= 4 is 39.7 Å². The molecule has 5 aromatic rings. The number of thiocarbonyl (C=S) groups is 1. The van der Waals surface area contributed by atoms with Crippen LogP contribution in [0.5, 0.6) is 5.75 Å². The Morgan fingerprint density at radius 3 is 2.56 bits per heavy atom. The fourth-order valence-corrected chi connectivity index (χ4v) is 5.55. The van der Waals surface area contributed by atoms with E-state index in [9.17, 15) is 9.90 Å². The van der Waals surface area contributed by atoms with E-state index < -0.39 is 0 Å². The summed E-state index contributed by atoms with van der Waals surface area (Å²) in [5.74, 6) is 0.129. The molecule has 0 unspecified atom stereocenters. The molecule has 1 fully saturated rings. The van der Waals surface area contributed by atoms with Crippen molar-refractivity contribution in [3.8, 4) is 11.4 Å². The van der Waals surface area contributed by atoms with Crippen molar-refractivity contribution in [3.05, 3.63) is 121 Å². The molecule has 0 bridgehead atoms. The topological polar surface area (TPSA) is 82.4 Å². The molecule has 0 spiro atoms. The summed E-state index contributed by atoms with van der Waals surface area (Å²) in [6.45, 7) is 0.428. The molecule has 1 aliphatic rings. The number of aromatic nitrogens is 2. The highest BCUT2D eigenvalue weighted by molar-refractivity contribution is 7.80. The van der Waals surface area contributed by atoms with E-state index in [1.807, 2.05) is 85.1 Å². The van der Waals surface area contributed by atoms with Crippen LogP contribution < -0.4 is 10.6 Å². The number of benzene rings is 3. The minimum Gasteiger partial charge on any atom is -0.508 e. The second kappa shape index (κ2) is 10.6. The predicted molar refractivity (Wildman–Crippen MR) is 157 cm³/mol. The molecule has 0 aliphatic carbocycles. The van der Waals surface area contributed by atoms with Crippen LogP contribution in [0.1, 0.15) is 29.9 Å². The van der Waals surface area contributed by atoms with Gasteiger partial charge in [-0.3, -0.25) is 9.78 Å². The van der Waals surface area contributed by atoms with Crippen LogP contribution >= 0.6 is 12.2 Å². The Labute approximate surface area is 231 Å². The van der Waals surface area contributed by atoms with E-state index in [2.05, 4.69) is 31.2 Å². The number of nitrogens with zero attached hydrogens (tertiary/aromatic N) is 3. The van der Waals surface area contributed by atoms with Crippen LogP contribution in [-0.2, 0) is 4.79 Å². The van der Waals surface area contributed by atoms with Crippen molar-refractivity contribution in [2.24, 2.45) is 0 Å². The summed E-state index contributed by atoms with van der Waals surface area (Å²) >= 11 is 5.80. The summed E-state index contributed by atoms with van der Waals surface area (Å²) in [6.07, 6.45) is 4.02. The van der Waals surface area contributed by atoms with Crippen molar-refractivity contribution in [1.29, 1.82) is 0 Å². The van der Waals surface area contributed by atoms with Crippen LogP contribution in [0.4, 0.5) is 5.69 Å². The minimum absolute atomic E-state index is 0.0805. The van der Waals surface area contributed by atoms with Gasteiger partial charge < -0.3 is 25.2 Å². The Kier molecular flexibility index (Phi) is 6.69. The SMILES string of the molecule is O=C(CCN1C(=S)N[C@H](c2ccccn2)[C@@H]1c1cccn1-c1ccc(O)cc1)Nc1cccc2ccccc12. The lowest BCUT2D eigenvalue weighted by atomic mass is 10.0. The molecule has 3 aromatic carbocycles. The third-order valence-electron chi connectivity index (χ3n) is 7.05. The van der Waals surface area contributed by atoms with Crippen molar-refractivity contribution in [1.82, 2.24) is 19.8 Å². The number of aromatic hydroxyl groups is 1. The van der Waals surface area contributed by atoms with Gasteiger partial charge in [-0.2, -0.15) is 0 Å². The number of carbonyl (C=O) groups is 1. The maximum Gasteiger partial charge on any atom is 0.226 e. The Morgan fingerprint density at radius 1 is 0.949 bits per heavy atom. The van der Waals surface area contributed by atoms with Crippen molar-refractivity contribution in [2.75, 3.05) is 11.9 Å². The second-order valence-electron chi connectivity index (χ2n) is 9.46. The number of amides is 1. The fourth-order valence-electron chi connectivity index (χ4n) is 5.22. The molecule has 1 aliphatic heterocycles. The number of rotatable bonds is 7. The molecule has 1 saturated heterocycles. The summed E-state index contributed by atoms with van der Waals surface area (Å²) in [4.78, 5) is 19.8. The van der Waals surface area contributed by atoms with Crippen LogP contribution in [0.25, 0.3) is 16.5 Å². The normalized spacial score (nSPS) is 16.8. The van der Waals surface area contributed by atoms with Gasteiger partial charge in [0.2, 0.25) is 5.91 Å². The van der Waals surface area contributed by atoms with E-state index in [-0.39, 0.29) is 30.2 Å². The highest BCUT2D eigenvalue weighted by atomic mass is 32.1. The first kappa shape index (κ1) is 24.6. The minimum atomic E-state index is -0.207. The van der Waals surface area contributed by atoms with Gasteiger partial charge in [-0.1, -0.05) is 42.5 Å². The highest BCUT2D eigenvalue weighted by Gasteiger charge is 2.41. The lowest BCUT2D eigenvalue weighted by Crippen LogP contribution is -2.33. The summed E-state index contributed by atoms with van der Waals surface area (Å²) < 4.78 is 2.08. The molecule has 0 radical (unpaired) electrons. The van der Waals surface area contributed by atoms with E-state index in [0.717, 1.165) is 33.5 Å². The van der Waals surface area contributed by atoms with Gasteiger partial charge in [0.05, 0.1) is 17.8 Å². The van der Waals surface area contributed by atoms with Gasteiger partial charge in [0.1, 0.15) is 5.75 Å². The largest absolute Gasteiger partial charge is 0.508 e. The smallest absolute Gasteiger partial charge is 0.226 e. The molecule has 194 valence electrons. The Balaban J connectivity index is 1.29. The van der Waals surface area contributed by atoms with Crippen molar-refractivity contribution < 1.29 is 9.90 Å². The second-order valence-corrected chi connectivity index (χ2v) is 9.85. The van der Waals surface area contributed by atoms with Gasteiger partial charge in [-0.05, 0) is 72.2 Å². The number of anilines is 1. The van der Waals surface area contributed by atoms with Gasteiger partial charge in [0.25, 0.3) is 0 Å². The Hall–Kier alpha value is -4.69. The summed E-state index contributed by atoms with van der Waals surface area (Å²) in [5.41, 5.74) is 3.58. The van der Waals surface area contributed by atoms with Crippen molar-refractivity contribution in [3.63, 3.8) is 0 Å². The van der Waals surface area contributed by atoms with Gasteiger partial charge in [0.15, 0.2) is 5.11 Å². The molecule has 1 amide bonds. The zero-order valence-corrected chi connectivity index (χ0v) is 21.9. The number of phenols is 1. The van der Waals surface area contributed by atoms with E-state index in [4.69, 9.17) is 12.2 Å². The van der Waals surface area contributed by atoms with E-state index in [1.165, 1.54) is 0 Å². The zero-order chi connectivity index (χ0) is 26.8. The van der Waals surface area contributed by atoms with Gasteiger partial charge in [0, 0.05) is 47.8 Å². The first-order chi connectivity index (χ1) is 19.1. The Bertz CT molecular complexity index is 1630. The zero-order valence-electron chi connectivity index (χ0n) is 21.1. The monoisotopic (exact) mass is 533 g/mol. The molecule has 2 aromatic heterocycles. The van der Waals surface area contributed by atoms with Crippen LogP contribution in [0.2, 0.25) is 0 Å². The first-order valence-electron chi connectivity index (χ1n) is 12.8. The molecule has 0 saturated carbocycles. The number of nitrogens with one attached hydrogen (secondary N) is 2. The number of pyridine rings is 1. The predicted octanol–water partition coefficient (Wildman–Crippen LogP) is 5.73.